The van der Waals surface area contributed by atoms with Crippen molar-refractivity contribution < 1.29 is 14.3 Å². The van der Waals surface area contributed by atoms with Gasteiger partial charge in [0.2, 0.25) is 5.91 Å². The molecule has 2 unspecified atom stereocenters. The number of Topliss-reactive ketones (excluding diaryl/α,β-unsaturated/α-hetero) is 1. The lowest BCUT2D eigenvalue weighted by molar-refractivity contribution is -0.138. The van der Waals surface area contributed by atoms with Gasteiger partial charge in [0.1, 0.15) is 11.8 Å². The summed E-state index contributed by atoms with van der Waals surface area (Å²) in [5, 5.41) is 2.91. The zero-order valence-electron chi connectivity index (χ0n) is 11.1. The highest BCUT2D eigenvalue weighted by molar-refractivity contribution is 5.88. The van der Waals surface area contributed by atoms with Crippen molar-refractivity contribution in [2.75, 3.05) is 19.8 Å². The minimum Gasteiger partial charge on any atom is -0.378 e. The van der Waals surface area contributed by atoms with E-state index in [2.05, 4.69) is 5.32 Å². The Morgan fingerprint density at radius 2 is 2.28 bits per heavy atom. The molecule has 0 aromatic rings. The number of ketones is 1. The molecule has 1 N–H and O–H groups in total. The van der Waals surface area contributed by atoms with E-state index in [-0.39, 0.29) is 29.8 Å². The predicted octanol–water partition coefficient (Wildman–Crippen LogP) is 0.333. The van der Waals surface area contributed by atoms with Crippen LogP contribution in [0.3, 0.4) is 0 Å². The van der Waals surface area contributed by atoms with Crippen molar-refractivity contribution in [1.29, 1.82) is 0 Å². The molecule has 2 fully saturated rings. The van der Waals surface area contributed by atoms with Crippen molar-refractivity contribution in [3.8, 4) is 0 Å². The minimum atomic E-state index is -0.312. The minimum absolute atomic E-state index is 0.0237. The molecule has 1 aliphatic carbocycles. The van der Waals surface area contributed by atoms with Crippen LogP contribution in [0.4, 0.5) is 0 Å². The first-order valence-corrected chi connectivity index (χ1v) is 6.76. The van der Waals surface area contributed by atoms with Crippen LogP contribution in [0, 0.1) is 0 Å². The van der Waals surface area contributed by atoms with Crippen LogP contribution in [0.2, 0.25) is 0 Å². The first-order valence-electron chi connectivity index (χ1n) is 6.76. The van der Waals surface area contributed by atoms with E-state index in [1.165, 1.54) is 0 Å². The fraction of sp³-hybridized carbons (Fsp3) is 0.846. The van der Waals surface area contributed by atoms with E-state index in [9.17, 15) is 9.59 Å². The molecule has 0 aromatic carbocycles. The molecule has 5 nitrogen and oxygen atoms in total. The van der Waals surface area contributed by atoms with Gasteiger partial charge in [0, 0.05) is 19.0 Å². The van der Waals surface area contributed by atoms with Gasteiger partial charge in [-0.2, -0.15) is 0 Å². The van der Waals surface area contributed by atoms with Crippen LogP contribution in [0.1, 0.15) is 33.1 Å². The number of morpholine rings is 1. The third kappa shape index (κ3) is 2.90. The Morgan fingerprint density at radius 3 is 2.89 bits per heavy atom. The summed E-state index contributed by atoms with van der Waals surface area (Å²) in [6, 6.07) is -0.273. The molecule has 0 bridgehead atoms. The van der Waals surface area contributed by atoms with E-state index in [1.807, 2.05) is 18.7 Å². The van der Waals surface area contributed by atoms with Crippen molar-refractivity contribution in [1.82, 2.24) is 10.2 Å². The quantitative estimate of drug-likeness (QED) is 0.788. The molecule has 1 aliphatic heterocycles. The molecule has 18 heavy (non-hydrogen) atoms. The smallest absolute Gasteiger partial charge is 0.239 e. The summed E-state index contributed by atoms with van der Waals surface area (Å²) in [5.41, 5.74) is 0. The normalized spacial score (nSPS) is 29.8. The summed E-state index contributed by atoms with van der Waals surface area (Å²) >= 11 is 0. The molecule has 0 spiro atoms. The van der Waals surface area contributed by atoms with Crippen molar-refractivity contribution >= 4 is 11.7 Å². The van der Waals surface area contributed by atoms with Gasteiger partial charge in [-0.25, -0.2) is 0 Å². The molecule has 1 heterocycles. The molecule has 2 rings (SSSR count). The zero-order valence-corrected chi connectivity index (χ0v) is 11.1. The van der Waals surface area contributed by atoms with Crippen molar-refractivity contribution in [2.45, 2.75) is 51.2 Å². The number of carbonyl (C=O) groups is 2. The lowest BCUT2D eigenvalue weighted by Gasteiger charge is -2.38. The van der Waals surface area contributed by atoms with Crippen molar-refractivity contribution in [2.24, 2.45) is 0 Å². The van der Waals surface area contributed by atoms with Gasteiger partial charge < -0.3 is 10.1 Å². The Balaban J connectivity index is 2.05. The molecule has 0 radical (unpaired) electrons. The summed E-state index contributed by atoms with van der Waals surface area (Å²) < 4.78 is 5.40. The van der Waals surface area contributed by atoms with Crippen LogP contribution in [0.15, 0.2) is 0 Å². The van der Waals surface area contributed by atoms with Gasteiger partial charge in [-0.1, -0.05) is 0 Å². The Kier molecular flexibility index (Phi) is 4.35. The Morgan fingerprint density at radius 1 is 1.50 bits per heavy atom. The van der Waals surface area contributed by atoms with Gasteiger partial charge >= 0.3 is 0 Å². The molecule has 0 aromatic heterocycles. The molecule has 1 amide bonds. The van der Waals surface area contributed by atoms with Crippen LogP contribution in [-0.4, -0.2) is 54.5 Å². The highest BCUT2D eigenvalue weighted by Crippen LogP contribution is 2.24. The van der Waals surface area contributed by atoms with Gasteiger partial charge in [0.25, 0.3) is 0 Å². The van der Waals surface area contributed by atoms with E-state index < -0.39 is 0 Å². The topological polar surface area (TPSA) is 58.6 Å². The Hall–Kier alpha value is -0.940. The van der Waals surface area contributed by atoms with Crippen LogP contribution >= 0.6 is 0 Å². The van der Waals surface area contributed by atoms with Crippen molar-refractivity contribution in [3.63, 3.8) is 0 Å². The molecular weight excluding hydrogens is 232 g/mol. The first kappa shape index (κ1) is 13.5. The molecular formula is C13H22N2O3. The molecule has 1 saturated carbocycles. The van der Waals surface area contributed by atoms with Gasteiger partial charge in [0.15, 0.2) is 0 Å². The van der Waals surface area contributed by atoms with Gasteiger partial charge in [-0.3, -0.25) is 14.5 Å². The summed E-state index contributed by atoms with van der Waals surface area (Å²) in [5.74, 6) is 0.253. The van der Waals surface area contributed by atoms with Gasteiger partial charge in [-0.05, 0) is 26.7 Å². The van der Waals surface area contributed by atoms with Gasteiger partial charge in [0.05, 0.1) is 19.3 Å². The molecule has 2 aliphatic rings. The number of carbonyl (C=O) groups excluding carboxylic acids is 2. The maximum atomic E-state index is 12.1. The van der Waals surface area contributed by atoms with Crippen LogP contribution in [-0.2, 0) is 14.3 Å². The van der Waals surface area contributed by atoms with Crippen LogP contribution < -0.4 is 5.32 Å². The number of amides is 1. The van der Waals surface area contributed by atoms with E-state index in [4.69, 9.17) is 4.74 Å². The maximum Gasteiger partial charge on any atom is 0.239 e. The summed E-state index contributed by atoms with van der Waals surface area (Å²) in [7, 11) is 0. The Bertz CT molecular complexity index is 330. The summed E-state index contributed by atoms with van der Waals surface area (Å²) in [6.07, 6.45) is 2.48. The van der Waals surface area contributed by atoms with Crippen LogP contribution in [0.25, 0.3) is 0 Å². The lowest BCUT2D eigenvalue weighted by Crippen LogP contribution is -2.58. The van der Waals surface area contributed by atoms with Gasteiger partial charge in [-0.15, -0.1) is 0 Å². The average molecular weight is 254 g/mol. The SMILES string of the molecule is CC(C)NC(=O)C1COCCN1C1CCCC1=O. The number of hydrogen-bond donors (Lipinski definition) is 1. The highest BCUT2D eigenvalue weighted by atomic mass is 16.5. The van der Waals surface area contributed by atoms with E-state index in [0.717, 1.165) is 12.8 Å². The average Bonchev–Trinajstić information content (AvgIpc) is 2.74. The monoisotopic (exact) mass is 254 g/mol. The standard InChI is InChI=1S/C13H22N2O3/c1-9(2)14-13(17)11-8-18-7-6-15(11)10-4-3-5-12(10)16/h9-11H,3-8H2,1-2H3,(H,14,17). The zero-order chi connectivity index (χ0) is 13.1. The second-order valence-corrected chi connectivity index (χ2v) is 5.37. The number of ether oxygens (including phenoxy) is 1. The molecule has 5 heteroatoms. The number of nitrogens with zero attached hydrogens (tertiary/aromatic N) is 1. The molecule has 1 saturated heterocycles. The maximum absolute atomic E-state index is 12.1. The highest BCUT2D eigenvalue weighted by Gasteiger charge is 2.39. The van der Waals surface area contributed by atoms with E-state index in [0.29, 0.717) is 26.2 Å². The second kappa shape index (κ2) is 5.80. The summed E-state index contributed by atoms with van der Waals surface area (Å²) in [4.78, 5) is 26.0. The molecule has 102 valence electrons. The molecule has 2 atom stereocenters. The number of nitrogens with one attached hydrogen (secondary N) is 1. The fourth-order valence-electron chi connectivity index (χ4n) is 2.74. The van der Waals surface area contributed by atoms with Crippen LogP contribution in [0.5, 0.6) is 0 Å². The number of rotatable bonds is 3. The number of hydrogen-bond acceptors (Lipinski definition) is 4. The van der Waals surface area contributed by atoms with Crippen molar-refractivity contribution in [3.05, 3.63) is 0 Å². The van der Waals surface area contributed by atoms with E-state index >= 15 is 0 Å². The third-order valence-corrected chi connectivity index (χ3v) is 3.58. The first-order chi connectivity index (χ1) is 8.59. The van der Waals surface area contributed by atoms with E-state index in [1.54, 1.807) is 0 Å². The summed E-state index contributed by atoms with van der Waals surface area (Å²) in [6.45, 7) is 5.55. The fourth-order valence-corrected chi connectivity index (χ4v) is 2.74. The second-order valence-electron chi connectivity index (χ2n) is 5.37. The Labute approximate surface area is 108 Å². The third-order valence-electron chi connectivity index (χ3n) is 3.58. The largest absolute Gasteiger partial charge is 0.378 e. The lowest BCUT2D eigenvalue weighted by atomic mass is 10.1. The predicted molar refractivity (Wildman–Crippen MR) is 67.2 cm³/mol.